The van der Waals surface area contributed by atoms with Crippen LogP contribution in [0.25, 0.3) is 0 Å². The van der Waals surface area contributed by atoms with Crippen LogP contribution in [0.1, 0.15) is 27.0 Å². The van der Waals surface area contributed by atoms with Crippen molar-refractivity contribution in [3.05, 3.63) is 64.7 Å². The Morgan fingerprint density at radius 3 is 2.17 bits per heavy atom. The third-order valence-corrected chi connectivity index (χ3v) is 5.26. The smallest absolute Gasteiger partial charge is 0.251 e. The average Bonchev–Trinajstić information content (AvgIpc) is 2.51. The van der Waals surface area contributed by atoms with E-state index in [9.17, 15) is 13.2 Å². The van der Waals surface area contributed by atoms with Crippen molar-refractivity contribution < 1.29 is 13.2 Å². The summed E-state index contributed by atoms with van der Waals surface area (Å²) in [5.41, 5.74) is 3.34. The van der Waals surface area contributed by atoms with Gasteiger partial charge in [-0.3, -0.25) is 4.79 Å². The molecule has 0 bridgehead atoms. The van der Waals surface area contributed by atoms with E-state index in [4.69, 9.17) is 0 Å². The van der Waals surface area contributed by atoms with Gasteiger partial charge in [-0.1, -0.05) is 35.4 Å². The Hall–Kier alpha value is -2.18. The zero-order valence-electron chi connectivity index (χ0n) is 14.1. The van der Waals surface area contributed by atoms with Gasteiger partial charge in [0, 0.05) is 18.7 Å². The molecule has 1 amide bonds. The van der Waals surface area contributed by atoms with Crippen molar-refractivity contribution in [3.8, 4) is 0 Å². The van der Waals surface area contributed by atoms with Gasteiger partial charge in [-0.25, -0.2) is 13.1 Å². The molecule has 0 saturated heterocycles. The summed E-state index contributed by atoms with van der Waals surface area (Å²) in [6.45, 7) is 5.98. The van der Waals surface area contributed by atoms with E-state index in [0.29, 0.717) is 11.1 Å². The second-order valence-corrected chi connectivity index (χ2v) is 7.52. The van der Waals surface area contributed by atoms with Crippen molar-refractivity contribution >= 4 is 15.9 Å². The van der Waals surface area contributed by atoms with Crippen LogP contribution in [0.5, 0.6) is 0 Å². The Kier molecular flexibility index (Phi) is 5.75. The second-order valence-electron chi connectivity index (χ2n) is 5.79. The van der Waals surface area contributed by atoms with Gasteiger partial charge in [0.2, 0.25) is 10.0 Å². The molecule has 0 aliphatic carbocycles. The Morgan fingerprint density at radius 2 is 1.54 bits per heavy atom. The largest absolute Gasteiger partial charge is 0.351 e. The van der Waals surface area contributed by atoms with E-state index in [1.54, 1.807) is 31.2 Å². The van der Waals surface area contributed by atoms with Crippen molar-refractivity contribution in [1.29, 1.82) is 0 Å². The molecule has 0 fully saturated rings. The molecule has 0 aliphatic heterocycles. The van der Waals surface area contributed by atoms with E-state index in [2.05, 4.69) is 10.0 Å². The SMILES string of the molecule is Cc1ccc(C(=O)NCCNS(=O)(=O)c2ccc(C)cc2C)cc1. The summed E-state index contributed by atoms with van der Waals surface area (Å²) >= 11 is 0. The molecule has 0 unspecified atom stereocenters. The fourth-order valence-electron chi connectivity index (χ4n) is 2.35. The predicted molar refractivity (Wildman–Crippen MR) is 94.6 cm³/mol. The Balaban J connectivity index is 1.89. The number of hydrogen-bond acceptors (Lipinski definition) is 3. The minimum atomic E-state index is -3.58. The second kappa shape index (κ2) is 7.59. The molecule has 2 aromatic carbocycles. The fraction of sp³-hybridized carbons (Fsp3) is 0.278. The topological polar surface area (TPSA) is 75.3 Å². The van der Waals surface area contributed by atoms with E-state index in [0.717, 1.165) is 11.1 Å². The number of rotatable bonds is 6. The lowest BCUT2D eigenvalue weighted by molar-refractivity contribution is 0.0954. The highest BCUT2D eigenvalue weighted by Gasteiger charge is 2.16. The van der Waals surface area contributed by atoms with Crippen molar-refractivity contribution in [2.45, 2.75) is 25.7 Å². The first-order chi connectivity index (χ1) is 11.3. The minimum absolute atomic E-state index is 0.132. The van der Waals surface area contributed by atoms with Gasteiger partial charge in [0.25, 0.3) is 5.91 Å². The van der Waals surface area contributed by atoms with Crippen LogP contribution in [0.4, 0.5) is 0 Å². The summed E-state index contributed by atoms with van der Waals surface area (Å²) < 4.78 is 27.1. The Morgan fingerprint density at radius 1 is 0.917 bits per heavy atom. The monoisotopic (exact) mass is 346 g/mol. The summed E-state index contributed by atoms with van der Waals surface area (Å²) in [5.74, 6) is -0.222. The molecule has 128 valence electrons. The quantitative estimate of drug-likeness (QED) is 0.788. The van der Waals surface area contributed by atoms with E-state index >= 15 is 0 Å². The van der Waals surface area contributed by atoms with Crippen molar-refractivity contribution in [3.63, 3.8) is 0 Å². The summed E-state index contributed by atoms with van der Waals surface area (Å²) in [6.07, 6.45) is 0. The lowest BCUT2D eigenvalue weighted by Gasteiger charge is -2.10. The third-order valence-electron chi connectivity index (χ3n) is 3.64. The Labute approximate surface area is 143 Å². The van der Waals surface area contributed by atoms with Gasteiger partial charge in [-0.2, -0.15) is 0 Å². The van der Waals surface area contributed by atoms with Gasteiger partial charge in [0.1, 0.15) is 0 Å². The van der Waals surface area contributed by atoms with Gasteiger partial charge >= 0.3 is 0 Å². The molecule has 0 heterocycles. The van der Waals surface area contributed by atoms with Gasteiger partial charge in [-0.05, 0) is 44.5 Å². The molecule has 0 spiro atoms. The van der Waals surface area contributed by atoms with E-state index in [1.165, 1.54) is 0 Å². The number of carbonyl (C=O) groups excluding carboxylic acids is 1. The number of amides is 1. The van der Waals surface area contributed by atoms with Crippen LogP contribution in [0.3, 0.4) is 0 Å². The third kappa shape index (κ3) is 4.66. The first-order valence-corrected chi connectivity index (χ1v) is 9.20. The van der Waals surface area contributed by atoms with Crippen molar-refractivity contribution in [1.82, 2.24) is 10.0 Å². The molecular weight excluding hydrogens is 324 g/mol. The van der Waals surface area contributed by atoms with Crippen molar-refractivity contribution in [2.75, 3.05) is 13.1 Å². The zero-order chi connectivity index (χ0) is 17.7. The van der Waals surface area contributed by atoms with E-state index in [-0.39, 0.29) is 23.9 Å². The molecule has 0 aromatic heterocycles. The van der Waals surface area contributed by atoms with Gasteiger partial charge < -0.3 is 5.32 Å². The maximum absolute atomic E-state index is 12.3. The van der Waals surface area contributed by atoms with Crippen LogP contribution in [0.15, 0.2) is 47.4 Å². The minimum Gasteiger partial charge on any atom is -0.351 e. The normalized spacial score (nSPS) is 11.3. The Bertz CT molecular complexity index is 828. The van der Waals surface area contributed by atoms with Crippen LogP contribution in [0, 0.1) is 20.8 Å². The van der Waals surface area contributed by atoms with Crippen LogP contribution in [0.2, 0.25) is 0 Å². The molecular formula is C18H22N2O3S. The number of aryl methyl sites for hydroxylation is 3. The van der Waals surface area contributed by atoms with Gasteiger partial charge in [-0.15, -0.1) is 0 Å². The molecule has 2 rings (SSSR count). The summed E-state index contributed by atoms with van der Waals surface area (Å²) in [5, 5.41) is 2.70. The van der Waals surface area contributed by atoms with E-state index in [1.807, 2.05) is 32.0 Å². The maximum atomic E-state index is 12.3. The number of nitrogens with one attached hydrogen (secondary N) is 2. The molecule has 6 heteroatoms. The standard InChI is InChI=1S/C18H22N2O3S/c1-13-4-7-16(8-5-13)18(21)19-10-11-20-24(22,23)17-9-6-14(2)12-15(17)3/h4-9,12,20H,10-11H2,1-3H3,(H,19,21). The average molecular weight is 346 g/mol. The van der Waals surface area contributed by atoms with Crippen LogP contribution < -0.4 is 10.0 Å². The molecule has 24 heavy (non-hydrogen) atoms. The molecule has 2 aromatic rings. The molecule has 2 N–H and O–H groups in total. The van der Waals surface area contributed by atoms with E-state index < -0.39 is 10.0 Å². The zero-order valence-corrected chi connectivity index (χ0v) is 14.9. The highest BCUT2D eigenvalue weighted by atomic mass is 32.2. The molecule has 0 saturated carbocycles. The fourth-order valence-corrected chi connectivity index (χ4v) is 3.60. The van der Waals surface area contributed by atoms with Crippen LogP contribution >= 0.6 is 0 Å². The number of hydrogen-bond donors (Lipinski definition) is 2. The molecule has 0 aliphatic rings. The van der Waals surface area contributed by atoms with Crippen LogP contribution in [-0.4, -0.2) is 27.4 Å². The molecule has 0 atom stereocenters. The maximum Gasteiger partial charge on any atom is 0.251 e. The number of sulfonamides is 1. The molecule has 0 radical (unpaired) electrons. The van der Waals surface area contributed by atoms with Gasteiger partial charge in [0.05, 0.1) is 4.90 Å². The number of benzene rings is 2. The number of carbonyl (C=O) groups is 1. The first kappa shape index (κ1) is 18.2. The predicted octanol–water partition coefficient (Wildman–Crippen LogP) is 2.32. The summed E-state index contributed by atoms with van der Waals surface area (Å²) in [7, 11) is -3.58. The summed E-state index contributed by atoms with van der Waals surface area (Å²) in [4.78, 5) is 12.2. The van der Waals surface area contributed by atoms with Crippen molar-refractivity contribution in [2.24, 2.45) is 0 Å². The lowest BCUT2D eigenvalue weighted by atomic mass is 10.1. The lowest BCUT2D eigenvalue weighted by Crippen LogP contribution is -2.34. The van der Waals surface area contributed by atoms with Gasteiger partial charge in [0.15, 0.2) is 0 Å². The highest BCUT2D eigenvalue weighted by molar-refractivity contribution is 7.89. The highest BCUT2D eigenvalue weighted by Crippen LogP contribution is 2.15. The summed E-state index contributed by atoms with van der Waals surface area (Å²) in [6, 6.07) is 12.4. The first-order valence-electron chi connectivity index (χ1n) is 7.71. The molecule has 5 nitrogen and oxygen atoms in total. The van der Waals surface area contributed by atoms with Crippen LogP contribution in [-0.2, 0) is 10.0 Å².